The zero-order valence-corrected chi connectivity index (χ0v) is 29.3. The van der Waals surface area contributed by atoms with Crippen molar-refractivity contribution >= 4 is 11.9 Å². The van der Waals surface area contributed by atoms with Crippen molar-refractivity contribution in [3.8, 4) is 0 Å². The minimum atomic E-state index is -0.157. The molecule has 0 unspecified atom stereocenters. The molecule has 0 radical (unpaired) electrons. The number of rotatable bonds is 38. The van der Waals surface area contributed by atoms with Gasteiger partial charge in [-0.05, 0) is 12.8 Å². The van der Waals surface area contributed by atoms with E-state index < -0.39 is 0 Å². The van der Waals surface area contributed by atoms with Gasteiger partial charge in [0.2, 0.25) is 0 Å². The van der Waals surface area contributed by atoms with E-state index in [1.807, 2.05) is 0 Å². The lowest BCUT2D eigenvalue weighted by Crippen LogP contribution is -2.15. The summed E-state index contributed by atoms with van der Waals surface area (Å²) in [6, 6.07) is 0. The number of ether oxygens (including phenoxy) is 7. The molecular formula is C36H70O9. The Kier molecular flexibility index (Phi) is 37.8. The molecule has 45 heavy (non-hydrogen) atoms. The average Bonchev–Trinajstić information content (AvgIpc) is 3.04. The lowest BCUT2D eigenvalue weighted by molar-refractivity contribution is -0.146. The Labute approximate surface area is 276 Å². The Morgan fingerprint density at radius 1 is 0.311 bits per heavy atom. The highest BCUT2D eigenvalue weighted by Crippen LogP contribution is 2.14. The molecule has 0 aliphatic rings. The molecule has 9 heteroatoms. The van der Waals surface area contributed by atoms with Crippen LogP contribution in [0.5, 0.6) is 0 Å². The molecule has 0 spiro atoms. The number of unbranched alkanes of at least 4 members (excludes halogenated alkanes) is 16. The summed E-state index contributed by atoms with van der Waals surface area (Å²) < 4.78 is 37.6. The van der Waals surface area contributed by atoms with E-state index in [-0.39, 0.29) is 25.2 Å². The summed E-state index contributed by atoms with van der Waals surface area (Å²) in [7, 11) is 0. The molecule has 0 saturated heterocycles. The third kappa shape index (κ3) is 38.8. The van der Waals surface area contributed by atoms with Crippen LogP contribution in [0, 0.1) is 0 Å². The minimum Gasteiger partial charge on any atom is -0.463 e. The van der Waals surface area contributed by atoms with Crippen LogP contribution in [0.25, 0.3) is 0 Å². The molecule has 0 aromatic rings. The van der Waals surface area contributed by atoms with Gasteiger partial charge in [0.25, 0.3) is 0 Å². The van der Waals surface area contributed by atoms with Gasteiger partial charge < -0.3 is 33.2 Å². The van der Waals surface area contributed by atoms with Crippen molar-refractivity contribution in [3.05, 3.63) is 0 Å². The van der Waals surface area contributed by atoms with Crippen molar-refractivity contribution in [1.29, 1.82) is 0 Å². The van der Waals surface area contributed by atoms with E-state index in [1.54, 1.807) is 0 Å². The molecule has 0 N–H and O–H groups in total. The second-order valence-electron chi connectivity index (χ2n) is 11.7. The number of carbonyl (C=O) groups is 2. The molecule has 0 atom stereocenters. The summed E-state index contributed by atoms with van der Waals surface area (Å²) in [5, 5.41) is 0. The average molecular weight is 647 g/mol. The van der Waals surface area contributed by atoms with Crippen LogP contribution in [-0.4, -0.2) is 91.2 Å². The first-order valence-corrected chi connectivity index (χ1v) is 18.4. The lowest BCUT2D eigenvalue weighted by Gasteiger charge is -2.08. The minimum absolute atomic E-state index is 0.131. The summed E-state index contributed by atoms with van der Waals surface area (Å²) in [5.74, 6) is -0.288. The van der Waals surface area contributed by atoms with Gasteiger partial charge in [0.15, 0.2) is 0 Å². The molecule has 0 bridgehead atoms. The van der Waals surface area contributed by atoms with Crippen LogP contribution in [0.4, 0.5) is 0 Å². The van der Waals surface area contributed by atoms with Crippen LogP contribution >= 0.6 is 0 Å². The predicted octanol–water partition coefficient (Wildman–Crippen LogP) is 8.00. The normalized spacial score (nSPS) is 11.2. The molecule has 0 saturated carbocycles. The van der Waals surface area contributed by atoms with Crippen molar-refractivity contribution in [1.82, 2.24) is 0 Å². The van der Waals surface area contributed by atoms with E-state index in [0.29, 0.717) is 78.9 Å². The molecule has 0 aliphatic heterocycles. The van der Waals surface area contributed by atoms with Crippen molar-refractivity contribution < 1.29 is 42.7 Å². The number of carbonyl (C=O) groups excluding carboxylic acids is 2. The molecular weight excluding hydrogens is 576 g/mol. The van der Waals surface area contributed by atoms with Crippen LogP contribution in [0.15, 0.2) is 0 Å². The fourth-order valence-corrected chi connectivity index (χ4v) is 4.71. The van der Waals surface area contributed by atoms with Gasteiger partial charge in [0.1, 0.15) is 13.2 Å². The molecule has 0 heterocycles. The third-order valence-corrected chi connectivity index (χ3v) is 7.44. The van der Waals surface area contributed by atoms with E-state index in [2.05, 4.69) is 13.8 Å². The first-order chi connectivity index (χ1) is 22.2. The smallest absolute Gasteiger partial charge is 0.305 e. The number of hydrogen-bond donors (Lipinski definition) is 0. The maximum atomic E-state index is 11.9. The van der Waals surface area contributed by atoms with Crippen LogP contribution < -0.4 is 0 Å². The van der Waals surface area contributed by atoms with E-state index in [1.165, 1.54) is 83.5 Å². The molecule has 0 amide bonds. The second kappa shape index (κ2) is 38.9. The summed E-state index contributed by atoms with van der Waals surface area (Å²) in [6.45, 7) is 9.50. The zero-order chi connectivity index (χ0) is 32.7. The Morgan fingerprint density at radius 2 is 0.533 bits per heavy atom. The predicted molar refractivity (Wildman–Crippen MR) is 180 cm³/mol. The summed E-state index contributed by atoms with van der Waals surface area (Å²) in [5.41, 5.74) is 0. The highest BCUT2D eigenvalue weighted by molar-refractivity contribution is 5.69. The maximum Gasteiger partial charge on any atom is 0.305 e. The summed E-state index contributed by atoms with van der Waals surface area (Å²) in [4.78, 5) is 23.3. The number of hydrogen-bond acceptors (Lipinski definition) is 9. The highest BCUT2D eigenvalue weighted by atomic mass is 16.6. The van der Waals surface area contributed by atoms with Crippen LogP contribution in [-0.2, 0) is 42.7 Å². The number of esters is 2. The fraction of sp³-hybridized carbons (Fsp3) is 0.944. The Balaban J connectivity index is 3.17. The van der Waals surface area contributed by atoms with Crippen molar-refractivity contribution in [2.24, 2.45) is 0 Å². The fourth-order valence-electron chi connectivity index (χ4n) is 4.71. The quantitative estimate of drug-likeness (QED) is 0.0488. The molecule has 0 aromatic carbocycles. The van der Waals surface area contributed by atoms with Gasteiger partial charge in [0, 0.05) is 12.8 Å². The molecule has 0 aromatic heterocycles. The standard InChI is InChI=1S/C36H70O9/c1-3-5-7-8-9-10-11-12-13-14-15-16-17-18-20-22-36(38)45-34-32-43-30-28-41-26-24-39-23-25-40-27-29-42-31-33-44-35(37)21-19-6-4-2/h3-34H2,1-2H3. The van der Waals surface area contributed by atoms with E-state index >= 15 is 0 Å². The first-order valence-electron chi connectivity index (χ1n) is 18.4. The van der Waals surface area contributed by atoms with Crippen molar-refractivity contribution in [2.75, 3.05) is 79.3 Å². The lowest BCUT2D eigenvalue weighted by atomic mass is 10.0. The van der Waals surface area contributed by atoms with Crippen LogP contribution in [0.2, 0.25) is 0 Å². The summed E-state index contributed by atoms with van der Waals surface area (Å²) >= 11 is 0. The van der Waals surface area contributed by atoms with Gasteiger partial charge in [0.05, 0.1) is 66.1 Å². The van der Waals surface area contributed by atoms with E-state index in [0.717, 1.165) is 32.1 Å². The van der Waals surface area contributed by atoms with Crippen LogP contribution in [0.3, 0.4) is 0 Å². The molecule has 268 valence electrons. The van der Waals surface area contributed by atoms with Gasteiger partial charge in [-0.15, -0.1) is 0 Å². The molecule has 0 rings (SSSR count). The van der Waals surface area contributed by atoms with E-state index in [9.17, 15) is 9.59 Å². The molecule has 0 fully saturated rings. The van der Waals surface area contributed by atoms with Gasteiger partial charge in [-0.3, -0.25) is 9.59 Å². The third-order valence-electron chi connectivity index (χ3n) is 7.44. The summed E-state index contributed by atoms with van der Waals surface area (Å²) in [6.07, 6.45) is 23.7. The topological polar surface area (TPSA) is 98.8 Å². The second-order valence-corrected chi connectivity index (χ2v) is 11.7. The van der Waals surface area contributed by atoms with Crippen molar-refractivity contribution in [3.63, 3.8) is 0 Å². The SMILES string of the molecule is CCCCCCCCCCCCCCCCCC(=O)OCCOCCOCCOCCOCCOCCOC(=O)CCCCC. The van der Waals surface area contributed by atoms with Gasteiger partial charge in [-0.1, -0.05) is 117 Å². The first kappa shape index (κ1) is 43.7. The maximum absolute atomic E-state index is 11.9. The molecule has 0 aliphatic carbocycles. The Morgan fingerprint density at radius 3 is 0.844 bits per heavy atom. The van der Waals surface area contributed by atoms with Gasteiger partial charge in [-0.25, -0.2) is 0 Å². The van der Waals surface area contributed by atoms with Crippen LogP contribution in [0.1, 0.15) is 142 Å². The highest BCUT2D eigenvalue weighted by Gasteiger charge is 2.03. The monoisotopic (exact) mass is 647 g/mol. The Hall–Kier alpha value is -1.26. The molecule has 9 nitrogen and oxygen atoms in total. The van der Waals surface area contributed by atoms with Crippen molar-refractivity contribution in [2.45, 2.75) is 142 Å². The van der Waals surface area contributed by atoms with Gasteiger partial charge in [-0.2, -0.15) is 0 Å². The Bertz CT molecular complexity index is 603. The van der Waals surface area contributed by atoms with Gasteiger partial charge >= 0.3 is 11.9 Å². The van der Waals surface area contributed by atoms with E-state index in [4.69, 9.17) is 33.2 Å². The largest absolute Gasteiger partial charge is 0.463 e. The zero-order valence-electron chi connectivity index (χ0n) is 29.3.